The zero-order valence-electron chi connectivity index (χ0n) is 7.64. The van der Waals surface area contributed by atoms with Gasteiger partial charge in [0, 0.05) is 18.6 Å². The number of halogens is 1. The summed E-state index contributed by atoms with van der Waals surface area (Å²) in [4.78, 5) is 8.15. The maximum Gasteiger partial charge on any atom is 0.222 e. The number of aliphatic imine (C=N–C) groups is 1. The van der Waals surface area contributed by atoms with Crippen LogP contribution in [0.5, 0.6) is 0 Å². The van der Waals surface area contributed by atoms with Crippen LogP contribution in [-0.2, 0) is 4.74 Å². The van der Waals surface area contributed by atoms with E-state index in [9.17, 15) is 0 Å². The molecule has 1 unspecified atom stereocenters. The SMILES string of the molecule is COC1=NC=CC(Cl)c2ccncc21. The van der Waals surface area contributed by atoms with Gasteiger partial charge in [0.05, 0.1) is 18.1 Å². The first-order valence-corrected chi connectivity index (χ1v) is 4.63. The van der Waals surface area contributed by atoms with Crippen LogP contribution in [0.25, 0.3) is 0 Å². The molecule has 1 aliphatic heterocycles. The van der Waals surface area contributed by atoms with Crippen LogP contribution in [0, 0.1) is 0 Å². The lowest BCUT2D eigenvalue weighted by Crippen LogP contribution is -2.06. The number of methoxy groups -OCH3 is 1. The van der Waals surface area contributed by atoms with Crippen LogP contribution in [0.3, 0.4) is 0 Å². The third-order valence-corrected chi connectivity index (χ3v) is 2.40. The molecule has 0 saturated heterocycles. The third kappa shape index (κ3) is 1.51. The number of hydrogen-bond acceptors (Lipinski definition) is 3. The van der Waals surface area contributed by atoms with Crippen molar-refractivity contribution < 1.29 is 4.74 Å². The average molecular weight is 209 g/mol. The Labute approximate surface area is 87.1 Å². The molecule has 0 saturated carbocycles. The molecule has 1 aliphatic rings. The highest BCUT2D eigenvalue weighted by atomic mass is 35.5. The van der Waals surface area contributed by atoms with Gasteiger partial charge in [0.1, 0.15) is 0 Å². The van der Waals surface area contributed by atoms with Crippen LogP contribution < -0.4 is 0 Å². The van der Waals surface area contributed by atoms with Crippen molar-refractivity contribution in [1.82, 2.24) is 4.98 Å². The van der Waals surface area contributed by atoms with E-state index in [1.807, 2.05) is 12.1 Å². The van der Waals surface area contributed by atoms with Crippen LogP contribution in [0.1, 0.15) is 16.5 Å². The van der Waals surface area contributed by atoms with Crippen molar-refractivity contribution in [3.63, 3.8) is 0 Å². The van der Waals surface area contributed by atoms with E-state index in [0.29, 0.717) is 5.90 Å². The Hall–Kier alpha value is -1.35. The highest BCUT2D eigenvalue weighted by molar-refractivity contribution is 6.22. The summed E-state index contributed by atoms with van der Waals surface area (Å²) in [7, 11) is 1.58. The van der Waals surface area contributed by atoms with Gasteiger partial charge in [-0.2, -0.15) is 0 Å². The van der Waals surface area contributed by atoms with Crippen LogP contribution >= 0.6 is 11.6 Å². The van der Waals surface area contributed by atoms with Crippen molar-refractivity contribution in [3.8, 4) is 0 Å². The molecular weight excluding hydrogens is 200 g/mol. The molecule has 0 aliphatic carbocycles. The second-order valence-corrected chi connectivity index (χ2v) is 3.31. The summed E-state index contributed by atoms with van der Waals surface area (Å²) in [5.41, 5.74) is 1.82. The Balaban J connectivity index is 2.58. The Morgan fingerprint density at radius 1 is 1.50 bits per heavy atom. The fourth-order valence-electron chi connectivity index (χ4n) is 1.35. The predicted molar refractivity (Wildman–Crippen MR) is 55.5 cm³/mol. The lowest BCUT2D eigenvalue weighted by atomic mass is 10.1. The van der Waals surface area contributed by atoms with Gasteiger partial charge in [-0.25, -0.2) is 4.99 Å². The first-order chi connectivity index (χ1) is 6.83. The Bertz CT molecular complexity index is 401. The van der Waals surface area contributed by atoms with Gasteiger partial charge < -0.3 is 4.74 Å². The van der Waals surface area contributed by atoms with E-state index >= 15 is 0 Å². The van der Waals surface area contributed by atoms with Crippen molar-refractivity contribution in [2.24, 2.45) is 4.99 Å². The number of allylic oxidation sites excluding steroid dienone is 1. The number of ether oxygens (including phenoxy) is 1. The van der Waals surface area contributed by atoms with Gasteiger partial charge in [0.2, 0.25) is 5.90 Å². The van der Waals surface area contributed by atoms with Crippen LogP contribution in [-0.4, -0.2) is 18.0 Å². The molecule has 0 bridgehead atoms. The minimum atomic E-state index is -0.176. The molecule has 0 amide bonds. The summed E-state index contributed by atoms with van der Waals surface area (Å²) < 4.78 is 5.15. The fourth-order valence-corrected chi connectivity index (χ4v) is 1.60. The maximum atomic E-state index is 6.13. The Morgan fingerprint density at radius 2 is 2.36 bits per heavy atom. The molecule has 2 rings (SSSR count). The summed E-state index contributed by atoms with van der Waals surface area (Å²) >= 11 is 6.13. The summed E-state index contributed by atoms with van der Waals surface area (Å²) in [6, 6.07) is 1.87. The van der Waals surface area contributed by atoms with Gasteiger partial charge in [-0.05, 0) is 17.7 Å². The van der Waals surface area contributed by atoms with Crippen LogP contribution in [0.4, 0.5) is 0 Å². The van der Waals surface area contributed by atoms with Crippen molar-refractivity contribution >= 4 is 17.5 Å². The summed E-state index contributed by atoms with van der Waals surface area (Å²) in [5.74, 6) is 0.549. The Kier molecular flexibility index (Phi) is 2.50. The number of aromatic nitrogens is 1. The highest BCUT2D eigenvalue weighted by Crippen LogP contribution is 2.27. The molecule has 0 N–H and O–H groups in total. The third-order valence-electron chi connectivity index (χ3n) is 2.02. The molecule has 0 spiro atoms. The van der Waals surface area contributed by atoms with E-state index < -0.39 is 0 Å². The van der Waals surface area contributed by atoms with Crippen molar-refractivity contribution in [3.05, 3.63) is 41.9 Å². The van der Waals surface area contributed by atoms with Crippen LogP contribution in [0.2, 0.25) is 0 Å². The summed E-state index contributed by atoms with van der Waals surface area (Å²) in [6.45, 7) is 0. The molecule has 0 radical (unpaired) electrons. The van der Waals surface area contributed by atoms with Crippen molar-refractivity contribution in [2.75, 3.05) is 7.11 Å². The number of hydrogen-bond donors (Lipinski definition) is 0. The number of nitrogens with zero attached hydrogens (tertiary/aromatic N) is 2. The molecule has 72 valence electrons. The number of rotatable bonds is 0. The molecule has 1 aromatic rings. The van der Waals surface area contributed by atoms with E-state index in [4.69, 9.17) is 16.3 Å². The first-order valence-electron chi connectivity index (χ1n) is 4.19. The summed E-state index contributed by atoms with van der Waals surface area (Å²) in [6.07, 6.45) is 6.88. The maximum absolute atomic E-state index is 6.13. The van der Waals surface area contributed by atoms with Gasteiger partial charge >= 0.3 is 0 Å². The molecule has 0 aromatic carbocycles. The van der Waals surface area contributed by atoms with Gasteiger partial charge in [0.15, 0.2) is 0 Å². The number of fused-ring (bicyclic) bond motifs is 1. The van der Waals surface area contributed by atoms with E-state index in [0.717, 1.165) is 11.1 Å². The average Bonchev–Trinajstić information content (AvgIpc) is 2.39. The van der Waals surface area contributed by atoms with E-state index in [-0.39, 0.29) is 5.38 Å². The Morgan fingerprint density at radius 3 is 3.14 bits per heavy atom. The summed E-state index contributed by atoms with van der Waals surface area (Å²) in [5, 5.41) is -0.176. The monoisotopic (exact) mass is 208 g/mol. The fraction of sp³-hybridized carbons (Fsp3) is 0.200. The molecule has 3 nitrogen and oxygen atoms in total. The van der Waals surface area contributed by atoms with Gasteiger partial charge in [-0.15, -0.1) is 11.6 Å². The number of pyridine rings is 1. The largest absolute Gasteiger partial charge is 0.481 e. The van der Waals surface area contributed by atoms with E-state index in [2.05, 4.69) is 9.98 Å². The van der Waals surface area contributed by atoms with Gasteiger partial charge in [0.25, 0.3) is 0 Å². The van der Waals surface area contributed by atoms with Gasteiger partial charge in [-0.1, -0.05) is 0 Å². The molecule has 4 heteroatoms. The van der Waals surface area contributed by atoms with E-state index in [1.165, 1.54) is 0 Å². The first kappa shape index (κ1) is 9.21. The number of alkyl halides is 1. The normalized spacial score (nSPS) is 19.6. The quantitative estimate of drug-likeness (QED) is 0.613. The molecular formula is C10H9ClN2O. The molecule has 1 aromatic heterocycles. The lowest BCUT2D eigenvalue weighted by Gasteiger charge is -2.09. The van der Waals surface area contributed by atoms with Crippen LogP contribution in [0.15, 0.2) is 35.7 Å². The second kappa shape index (κ2) is 3.80. The van der Waals surface area contributed by atoms with Gasteiger partial charge in [-0.3, -0.25) is 4.98 Å². The smallest absolute Gasteiger partial charge is 0.222 e. The topological polar surface area (TPSA) is 34.5 Å². The van der Waals surface area contributed by atoms with E-state index in [1.54, 1.807) is 25.7 Å². The zero-order valence-corrected chi connectivity index (χ0v) is 8.40. The molecule has 14 heavy (non-hydrogen) atoms. The minimum absolute atomic E-state index is 0.176. The molecule has 2 heterocycles. The molecule has 1 atom stereocenters. The van der Waals surface area contributed by atoms with Crippen molar-refractivity contribution in [2.45, 2.75) is 5.38 Å². The van der Waals surface area contributed by atoms with Crippen molar-refractivity contribution in [1.29, 1.82) is 0 Å². The second-order valence-electron chi connectivity index (χ2n) is 2.84. The highest BCUT2D eigenvalue weighted by Gasteiger charge is 2.16. The molecule has 0 fully saturated rings. The minimum Gasteiger partial charge on any atom is -0.481 e. The zero-order chi connectivity index (χ0) is 9.97. The lowest BCUT2D eigenvalue weighted by molar-refractivity contribution is 0.404. The predicted octanol–water partition coefficient (Wildman–Crippen LogP) is 2.28. The standard InChI is InChI=1S/C10H9ClN2O/c1-14-10-8-6-12-4-2-7(8)9(11)3-5-13-10/h2-6,9H,1H3.